The van der Waals surface area contributed by atoms with Gasteiger partial charge >= 0.3 is 0 Å². The van der Waals surface area contributed by atoms with Crippen LogP contribution in [0.2, 0.25) is 0 Å². The van der Waals surface area contributed by atoms with Crippen LogP contribution < -0.4 is 10.2 Å². The first-order chi connectivity index (χ1) is 15.5. The molecule has 2 aliphatic heterocycles. The number of nitrogens with one attached hydrogen (secondary N) is 1. The zero-order chi connectivity index (χ0) is 22.1. The van der Waals surface area contributed by atoms with Gasteiger partial charge < -0.3 is 15.0 Å². The molecule has 32 heavy (non-hydrogen) atoms. The third-order valence-electron chi connectivity index (χ3n) is 6.32. The van der Waals surface area contributed by atoms with E-state index >= 15 is 0 Å². The minimum atomic E-state index is 0.299. The van der Waals surface area contributed by atoms with Crippen molar-refractivity contribution in [2.45, 2.75) is 46.1 Å². The van der Waals surface area contributed by atoms with Crippen LogP contribution in [0, 0.1) is 20.8 Å². The average Bonchev–Trinajstić information content (AvgIpc) is 3.48. The minimum Gasteiger partial charge on any atom is -0.379 e. The van der Waals surface area contributed by atoms with Gasteiger partial charge in [0.2, 0.25) is 0 Å². The van der Waals surface area contributed by atoms with Crippen molar-refractivity contribution in [3.05, 3.63) is 46.5 Å². The SMILES string of the molecule is Cc1cc2nc(C)c(C=Cc3nc(N[C@@H]4CCOC4)cc(N4CCCC4)n3)nc2cc1C. The number of rotatable bonds is 5. The molecule has 2 aromatic heterocycles. The third-order valence-corrected chi connectivity index (χ3v) is 6.32. The summed E-state index contributed by atoms with van der Waals surface area (Å²) in [6.07, 6.45) is 7.33. The fourth-order valence-electron chi connectivity index (χ4n) is 4.29. The van der Waals surface area contributed by atoms with E-state index in [0.29, 0.717) is 11.9 Å². The van der Waals surface area contributed by atoms with Crippen LogP contribution in [-0.4, -0.2) is 52.3 Å². The van der Waals surface area contributed by atoms with Crippen molar-refractivity contribution in [1.29, 1.82) is 0 Å². The molecule has 7 heteroatoms. The highest BCUT2D eigenvalue weighted by Gasteiger charge is 2.19. The third kappa shape index (κ3) is 4.43. The van der Waals surface area contributed by atoms with Gasteiger partial charge in [-0.3, -0.25) is 0 Å². The van der Waals surface area contributed by atoms with Crippen molar-refractivity contribution >= 4 is 34.8 Å². The zero-order valence-electron chi connectivity index (χ0n) is 19.1. The normalized spacial score (nSPS) is 18.8. The smallest absolute Gasteiger partial charge is 0.156 e. The summed E-state index contributed by atoms with van der Waals surface area (Å²) in [6, 6.07) is 6.57. The van der Waals surface area contributed by atoms with E-state index in [1.807, 2.05) is 19.1 Å². The van der Waals surface area contributed by atoms with Gasteiger partial charge in [-0.1, -0.05) is 0 Å². The molecule has 166 valence electrons. The summed E-state index contributed by atoms with van der Waals surface area (Å²) in [4.78, 5) is 21.5. The molecule has 1 N–H and O–H groups in total. The number of benzene rings is 1. The van der Waals surface area contributed by atoms with Gasteiger partial charge in [-0.15, -0.1) is 0 Å². The summed E-state index contributed by atoms with van der Waals surface area (Å²) >= 11 is 0. The lowest BCUT2D eigenvalue weighted by molar-refractivity contribution is 0.195. The quantitative estimate of drug-likeness (QED) is 0.646. The van der Waals surface area contributed by atoms with Crippen molar-refractivity contribution < 1.29 is 4.74 Å². The van der Waals surface area contributed by atoms with E-state index < -0.39 is 0 Å². The van der Waals surface area contributed by atoms with Gasteiger partial charge in [0.05, 0.1) is 35.1 Å². The predicted octanol–water partition coefficient (Wildman–Crippen LogP) is 4.32. The second-order valence-electron chi connectivity index (χ2n) is 8.82. The van der Waals surface area contributed by atoms with E-state index in [-0.39, 0.29) is 0 Å². The highest BCUT2D eigenvalue weighted by atomic mass is 16.5. The molecular formula is C25H30N6O. The number of hydrogen-bond donors (Lipinski definition) is 1. The second kappa shape index (κ2) is 8.82. The Kier molecular flexibility index (Phi) is 5.74. The molecule has 0 radical (unpaired) electrons. The molecule has 2 aliphatic rings. The fraction of sp³-hybridized carbons (Fsp3) is 0.440. The van der Waals surface area contributed by atoms with Gasteiger partial charge in [0.15, 0.2) is 5.82 Å². The first-order valence-corrected chi connectivity index (χ1v) is 11.5. The Morgan fingerprint density at radius 3 is 2.41 bits per heavy atom. The van der Waals surface area contributed by atoms with Crippen molar-refractivity contribution in [2.24, 2.45) is 0 Å². The molecule has 2 fully saturated rings. The number of aryl methyl sites for hydroxylation is 3. The Bertz CT molecular complexity index is 1160. The van der Waals surface area contributed by atoms with Crippen LogP contribution in [0.3, 0.4) is 0 Å². The largest absolute Gasteiger partial charge is 0.379 e. The second-order valence-corrected chi connectivity index (χ2v) is 8.82. The van der Waals surface area contributed by atoms with Crippen LogP contribution in [0.25, 0.3) is 23.2 Å². The van der Waals surface area contributed by atoms with Gasteiger partial charge in [-0.05, 0) is 75.4 Å². The Hall–Kier alpha value is -3.06. The first-order valence-electron chi connectivity index (χ1n) is 11.5. The van der Waals surface area contributed by atoms with E-state index in [4.69, 9.17) is 24.7 Å². The minimum absolute atomic E-state index is 0.299. The van der Waals surface area contributed by atoms with E-state index in [0.717, 1.165) is 66.8 Å². The van der Waals surface area contributed by atoms with Crippen molar-refractivity contribution in [3.8, 4) is 0 Å². The van der Waals surface area contributed by atoms with E-state index in [1.165, 1.54) is 24.0 Å². The molecule has 0 saturated carbocycles. The Balaban J connectivity index is 1.47. The molecule has 7 nitrogen and oxygen atoms in total. The average molecular weight is 431 g/mol. The molecule has 1 atom stereocenters. The molecular weight excluding hydrogens is 400 g/mol. The number of ether oxygens (including phenoxy) is 1. The Labute approximate surface area is 189 Å². The van der Waals surface area contributed by atoms with Crippen LogP contribution in [-0.2, 0) is 4.74 Å². The van der Waals surface area contributed by atoms with Crippen LogP contribution >= 0.6 is 0 Å². The maximum atomic E-state index is 5.51. The summed E-state index contributed by atoms with van der Waals surface area (Å²) < 4.78 is 5.51. The molecule has 0 unspecified atom stereocenters. The lowest BCUT2D eigenvalue weighted by Crippen LogP contribution is -2.23. The molecule has 0 aliphatic carbocycles. The van der Waals surface area contributed by atoms with Gasteiger partial charge in [-0.25, -0.2) is 19.9 Å². The van der Waals surface area contributed by atoms with Crippen LogP contribution in [0.15, 0.2) is 18.2 Å². The lowest BCUT2D eigenvalue weighted by atomic mass is 10.1. The summed E-state index contributed by atoms with van der Waals surface area (Å²) in [5, 5.41) is 3.53. The zero-order valence-corrected chi connectivity index (χ0v) is 19.1. The Morgan fingerprint density at radius 1 is 0.938 bits per heavy atom. The summed E-state index contributed by atoms with van der Waals surface area (Å²) in [5.74, 6) is 2.51. The number of aromatic nitrogens is 4. The molecule has 2 saturated heterocycles. The molecule has 0 spiro atoms. The standard InChI is InChI=1S/C25H30N6O/c1-16-12-21-22(13-17(16)2)28-20(18(3)26-21)6-7-23-29-24(27-19-8-11-32-15-19)14-25(30-23)31-9-4-5-10-31/h6-7,12-14,19H,4-5,8-11,15H2,1-3H3,(H,27,29,30)/t19-/m1/s1. The number of hydrogen-bond acceptors (Lipinski definition) is 7. The van der Waals surface area contributed by atoms with E-state index in [9.17, 15) is 0 Å². The number of fused-ring (bicyclic) bond motifs is 1. The van der Waals surface area contributed by atoms with Crippen molar-refractivity contribution in [2.75, 3.05) is 36.5 Å². The molecule has 3 aromatic rings. The molecule has 0 bridgehead atoms. The maximum Gasteiger partial charge on any atom is 0.156 e. The summed E-state index contributed by atoms with van der Waals surface area (Å²) in [5.41, 5.74) is 6.03. The molecule has 4 heterocycles. The predicted molar refractivity (Wildman–Crippen MR) is 129 cm³/mol. The van der Waals surface area contributed by atoms with E-state index in [2.05, 4.69) is 42.3 Å². The van der Waals surface area contributed by atoms with Crippen LogP contribution in [0.1, 0.15) is 47.6 Å². The molecule has 1 aromatic carbocycles. The monoisotopic (exact) mass is 430 g/mol. The van der Waals surface area contributed by atoms with Gasteiger partial charge in [0.25, 0.3) is 0 Å². The fourth-order valence-corrected chi connectivity index (χ4v) is 4.29. The maximum absolute atomic E-state index is 5.51. The topological polar surface area (TPSA) is 76.1 Å². The first kappa shape index (κ1) is 20.8. The van der Waals surface area contributed by atoms with Crippen molar-refractivity contribution in [3.63, 3.8) is 0 Å². The molecule has 5 rings (SSSR count). The summed E-state index contributed by atoms with van der Waals surface area (Å²) in [7, 11) is 0. The van der Waals surface area contributed by atoms with Crippen LogP contribution in [0.5, 0.6) is 0 Å². The highest BCUT2D eigenvalue weighted by molar-refractivity contribution is 5.79. The number of nitrogens with zero attached hydrogens (tertiary/aromatic N) is 5. The van der Waals surface area contributed by atoms with E-state index in [1.54, 1.807) is 0 Å². The van der Waals surface area contributed by atoms with Gasteiger partial charge in [0.1, 0.15) is 11.6 Å². The highest BCUT2D eigenvalue weighted by Crippen LogP contribution is 2.23. The molecule has 0 amide bonds. The lowest BCUT2D eigenvalue weighted by Gasteiger charge is -2.19. The summed E-state index contributed by atoms with van der Waals surface area (Å²) in [6.45, 7) is 9.81. The number of anilines is 2. The Morgan fingerprint density at radius 2 is 1.69 bits per heavy atom. The van der Waals surface area contributed by atoms with Gasteiger partial charge in [0, 0.05) is 25.8 Å². The van der Waals surface area contributed by atoms with Gasteiger partial charge in [-0.2, -0.15) is 0 Å². The van der Waals surface area contributed by atoms with Crippen molar-refractivity contribution in [1.82, 2.24) is 19.9 Å². The van der Waals surface area contributed by atoms with Crippen LogP contribution in [0.4, 0.5) is 11.6 Å².